The number of aromatic nitrogens is 4. The van der Waals surface area contributed by atoms with E-state index in [0.29, 0.717) is 18.1 Å². The summed E-state index contributed by atoms with van der Waals surface area (Å²) in [7, 11) is 0. The first-order valence-electron chi connectivity index (χ1n) is 7.80. The molecule has 0 saturated heterocycles. The van der Waals surface area contributed by atoms with Gasteiger partial charge in [-0.05, 0) is 52.2 Å². The molecule has 0 aliphatic rings. The van der Waals surface area contributed by atoms with Gasteiger partial charge in [0.1, 0.15) is 0 Å². The van der Waals surface area contributed by atoms with Gasteiger partial charge >= 0.3 is 0 Å². The predicted octanol–water partition coefficient (Wildman–Crippen LogP) is 2.51. The van der Waals surface area contributed by atoms with Crippen molar-refractivity contribution in [2.75, 3.05) is 5.32 Å². The lowest BCUT2D eigenvalue weighted by Crippen LogP contribution is -2.35. The molecule has 7 nitrogen and oxygen atoms in total. The molecule has 0 saturated carbocycles. The Hall–Kier alpha value is -2.35. The van der Waals surface area contributed by atoms with Gasteiger partial charge < -0.3 is 0 Å². The summed E-state index contributed by atoms with van der Waals surface area (Å²) in [5.74, 6) is 0.132. The van der Waals surface area contributed by atoms with E-state index in [1.54, 1.807) is 16.8 Å². The summed E-state index contributed by atoms with van der Waals surface area (Å²) in [6.07, 6.45) is 0.888. The average Bonchev–Trinajstić information content (AvgIpc) is 2.94. The van der Waals surface area contributed by atoms with E-state index in [2.05, 4.69) is 46.9 Å². The van der Waals surface area contributed by atoms with Crippen molar-refractivity contribution in [3.05, 3.63) is 35.4 Å². The number of amides is 1. The third kappa shape index (κ3) is 4.58. The molecular weight excluding hydrogens is 324 g/mol. The van der Waals surface area contributed by atoms with Crippen LogP contribution in [0.4, 0.5) is 5.95 Å². The topological polar surface area (TPSA) is 84.7 Å². The van der Waals surface area contributed by atoms with Crippen LogP contribution in [0.3, 0.4) is 0 Å². The first-order valence-corrected chi connectivity index (χ1v) is 8.21. The molecule has 128 valence electrons. The number of thiocarbonyl (C=S) groups is 1. The first-order chi connectivity index (χ1) is 11.3. The standard InChI is InChI=1S/C16H22N6OS/c1-5-10-22-14(19-20-21-22)18-15(24)17-13(23)11-6-8-12(9-7-11)16(2,3)4/h6-9H,5,10H2,1-4H3,(H2,17,18,19,21,23,24). The van der Waals surface area contributed by atoms with Gasteiger partial charge in [-0.1, -0.05) is 44.9 Å². The second kappa shape index (κ2) is 7.48. The zero-order valence-corrected chi connectivity index (χ0v) is 15.1. The largest absolute Gasteiger partial charge is 0.300 e. The van der Waals surface area contributed by atoms with Gasteiger partial charge in [-0.2, -0.15) is 0 Å². The first kappa shape index (κ1) is 18.0. The monoisotopic (exact) mass is 346 g/mol. The summed E-state index contributed by atoms with van der Waals surface area (Å²) in [6.45, 7) is 9.07. The van der Waals surface area contributed by atoms with Crippen molar-refractivity contribution in [1.82, 2.24) is 25.5 Å². The maximum absolute atomic E-state index is 12.3. The molecule has 1 amide bonds. The SMILES string of the molecule is CCCn1nnnc1NC(=S)NC(=O)c1ccc(C(C)(C)C)cc1. The van der Waals surface area contributed by atoms with Crippen LogP contribution in [-0.4, -0.2) is 31.2 Å². The molecule has 0 radical (unpaired) electrons. The highest BCUT2D eigenvalue weighted by atomic mass is 32.1. The Balaban J connectivity index is 1.98. The van der Waals surface area contributed by atoms with E-state index in [0.717, 1.165) is 6.42 Å². The number of hydrogen-bond acceptors (Lipinski definition) is 5. The predicted molar refractivity (Wildman–Crippen MR) is 96.9 cm³/mol. The van der Waals surface area contributed by atoms with E-state index in [4.69, 9.17) is 12.2 Å². The number of aryl methyl sites for hydroxylation is 1. The quantitative estimate of drug-likeness (QED) is 0.828. The summed E-state index contributed by atoms with van der Waals surface area (Å²) in [5, 5.41) is 16.9. The minimum atomic E-state index is -0.275. The van der Waals surface area contributed by atoms with Crippen LogP contribution in [0.25, 0.3) is 0 Å². The molecule has 0 bridgehead atoms. The lowest BCUT2D eigenvalue weighted by atomic mass is 9.87. The van der Waals surface area contributed by atoms with Crippen molar-refractivity contribution < 1.29 is 4.79 Å². The van der Waals surface area contributed by atoms with Crippen molar-refractivity contribution >= 4 is 29.2 Å². The van der Waals surface area contributed by atoms with Gasteiger partial charge in [-0.25, -0.2) is 4.68 Å². The molecule has 2 rings (SSSR count). The Morgan fingerprint density at radius 2 is 1.92 bits per heavy atom. The number of anilines is 1. The van der Waals surface area contributed by atoms with Crippen LogP contribution in [0, 0.1) is 0 Å². The summed E-state index contributed by atoms with van der Waals surface area (Å²) in [4.78, 5) is 12.3. The van der Waals surface area contributed by atoms with Crippen LogP contribution in [-0.2, 0) is 12.0 Å². The fourth-order valence-corrected chi connectivity index (χ4v) is 2.27. The van der Waals surface area contributed by atoms with Crippen molar-refractivity contribution in [2.24, 2.45) is 0 Å². The molecule has 24 heavy (non-hydrogen) atoms. The molecular formula is C16H22N6OS. The minimum absolute atomic E-state index is 0.0439. The second-order valence-corrected chi connectivity index (χ2v) is 6.87. The van der Waals surface area contributed by atoms with Crippen LogP contribution >= 0.6 is 12.2 Å². The van der Waals surface area contributed by atoms with Gasteiger partial charge in [0.05, 0.1) is 0 Å². The van der Waals surface area contributed by atoms with Crippen LogP contribution in [0.2, 0.25) is 0 Å². The van der Waals surface area contributed by atoms with Gasteiger partial charge in [0.25, 0.3) is 5.91 Å². The van der Waals surface area contributed by atoms with Crippen molar-refractivity contribution in [3.63, 3.8) is 0 Å². The molecule has 0 aliphatic heterocycles. The highest BCUT2D eigenvalue weighted by Crippen LogP contribution is 2.22. The van der Waals surface area contributed by atoms with Gasteiger partial charge in [0, 0.05) is 12.1 Å². The number of tetrazole rings is 1. The lowest BCUT2D eigenvalue weighted by molar-refractivity contribution is 0.0977. The molecule has 1 heterocycles. The lowest BCUT2D eigenvalue weighted by Gasteiger charge is -2.19. The fourth-order valence-electron chi connectivity index (χ4n) is 2.09. The zero-order chi connectivity index (χ0) is 17.7. The number of nitrogens with one attached hydrogen (secondary N) is 2. The highest BCUT2D eigenvalue weighted by molar-refractivity contribution is 7.80. The van der Waals surface area contributed by atoms with Crippen LogP contribution in [0.15, 0.2) is 24.3 Å². The summed E-state index contributed by atoms with van der Waals surface area (Å²) < 4.78 is 1.59. The Kier molecular flexibility index (Phi) is 5.61. The molecule has 0 spiro atoms. The summed E-state index contributed by atoms with van der Waals surface area (Å²) in [5.41, 5.74) is 1.75. The van der Waals surface area contributed by atoms with Crippen LogP contribution in [0.5, 0.6) is 0 Å². The Morgan fingerprint density at radius 1 is 1.25 bits per heavy atom. The molecule has 8 heteroatoms. The van der Waals surface area contributed by atoms with E-state index in [1.165, 1.54) is 5.56 Å². The van der Waals surface area contributed by atoms with Crippen LogP contribution < -0.4 is 10.6 Å². The Labute approximate surface area is 146 Å². The molecule has 2 aromatic rings. The smallest absolute Gasteiger partial charge is 0.257 e. The highest BCUT2D eigenvalue weighted by Gasteiger charge is 2.15. The second-order valence-electron chi connectivity index (χ2n) is 6.46. The molecule has 1 aromatic carbocycles. The molecule has 0 aliphatic carbocycles. The van der Waals surface area contributed by atoms with E-state index < -0.39 is 0 Å². The molecule has 1 aromatic heterocycles. The fraction of sp³-hybridized carbons (Fsp3) is 0.438. The van der Waals surface area contributed by atoms with Gasteiger partial charge in [-0.15, -0.1) is 0 Å². The van der Waals surface area contributed by atoms with Crippen molar-refractivity contribution in [2.45, 2.75) is 46.1 Å². The van der Waals surface area contributed by atoms with E-state index in [9.17, 15) is 4.79 Å². The van der Waals surface area contributed by atoms with Crippen molar-refractivity contribution in [3.8, 4) is 0 Å². The number of hydrogen-bond donors (Lipinski definition) is 2. The minimum Gasteiger partial charge on any atom is -0.300 e. The third-order valence-electron chi connectivity index (χ3n) is 3.43. The average molecular weight is 346 g/mol. The maximum Gasteiger partial charge on any atom is 0.257 e. The number of carbonyl (C=O) groups excluding carboxylic acids is 1. The number of rotatable bonds is 4. The molecule has 0 atom stereocenters. The van der Waals surface area contributed by atoms with E-state index >= 15 is 0 Å². The maximum atomic E-state index is 12.3. The van der Waals surface area contributed by atoms with Crippen molar-refractivity contribution in [1.29, 1.82) is 0 Å². The molecule has 0 unspecified atom stereocenters. The van der Waals surface area contributed by atoms with Crippen LogP contribution in [0.1, 0.15) is 50.0 Å². The van der Waals surface area contributed by atoms with Gasteiger partial charge in [0.15, 0.2) is 5.11 Å². The number of carbonyl (C=O) groups is 1. The third-order valence-corrected chi connectivity index (χ3v) is 3.64. The summed E-state index contributed by atoms with van der Waals surface area (Å²) in [6, 6.07) is 7.49. The molecule has 2 N–H and O–H groups in total. The Morgan fingerprint density at radius 3 is 2.50 bits per heavy atom. The van der Waals surface area contributed by atoms with E-state index in [1.807, 2.05) is 19.1 Å². The normalized spacial score (nSPS) is 11.2. The zero-order valence-electron chi connectivity index (χ0n) is 14.3. The van der Waals surface area contributed by atoms with Gasteiger partial charge in [0.2, 0.25) is 5.95 Å². The number of benzene rings is 1. The van der Waals surface area contributed by atoms with E-state index in [-0.39, 0.29) is 16.4 Å². The summed E-state index contributed by atoms with van der Waals surface area (Å²) >= 11 is 5.16. The Bertz CT molecular complexity index is 717. The van der Waals surface area contributed by atoms with Gasteiger partial charge in [-0.3, -0.25) is 15.4 Å². The molecule has 0 fully saturated rings. The number of nitrogens with zero attached hydrogens (tertiary/aromatic N) is 4.